The summed E-state index contributed by atoms with van der Waals surface area (Å²) in [5.74, 6) is -0.402. The van der Waals surface area contributed by atoms with E-state index >= 15 is 0 Å². The summed E-state index contributed by atoms with van der Waals surface area (Å²) in [5.41, 5.74) is 6.01. The minimum atomic E-state index is -0.402. The minimum absolute atomic E-state index is 0.207. The number of anilines is 1. The predicted octanol–water partition coefficient (Wildman–Crippen LogP) is 3.72. The summed E-state index contributed by atoms with van der Waals surface area (Å²) < 4.78 is 13.3. The van der Waals surface area contributed by atoms with Crippen molar-refractivity contribution in [3.8, 4) is 0 Å². The van der Waals surface area contributed by atoms with Gasteiger partial charge in [0.15, 0.2) is 5.11 Å². The molecular weight excluding hydrogens is 259 g/mol. The Labute approximate surface area is 112 Å². The molecule has 0 aliphatic rings. The third-order valence-electron chi connectivity index (χ3n) is 2.80. The fourth-order valence-electron chi connectivity index (χ4n) is 1.60. The lowest BCUT2D eigenvalue weighted by Gasteiger charge is -2.38. The molecule has 0 aliphatic carbocycles. The van der Waals surface area contributed by atoms with Gasteiger partial charge in [0.25, 0.3) is 0 Å². The molecule has 1 aromatic carbocycles. The molecule has 0 fully saturated rings. The Balaban J connectivity index is 3.28. The van der Waals surface area contributed by atoms with Crippen LogP contribution in [-0.4, -0.2) is 10.7 Å². The van der Waals surface area contributed by atoms with E-state index < -0.39 is 5.82 Å². The SMILES string of the molecule is CCC(C)(C)N(C(N)=S)c1cc(F)cc(Cl)c1. The van der Waals surface area contributed by atoms with Gasteiger partial charge in [-0.2, -0.15) is 0 Å². The third-order valence-corrected chi connectivity index (χ3v) is 3.20. The summed E-state index contributed by atoms with van der Waals surface area (Å²) in [6.07, 6.45) is 0.818. The van der Waals surface area contributed by atoms with Crippen LogP contribution in [-0.2, 0) is 0 Å². The maximum atomic E-state index is 13.3. The third kappa shape index (κ3) is 3.30. The summed E-state index contributed by atoms with van der Waals surface area (Å²) in [6, 6.07) is 4.28. The van der Waals surface area contributed by atoms with E-state index in [4.69, 9.17) is 29.6 Å². The first-order valence-corrected chi connectivity index (χ1v) is 6.12. The van der Waals surface area contributed by atoms with E-state index in [-0.39, 0.29) is 10.7 Å². The van der Waals surface area contributed by atoms with Crippen molar-refractivity contribution in [1.82, 2.24) is 0 Å². The molecule has 0 spiro atoms. The van der Waals surface area contributed by atoms with Crippen LogP contribution in [0.2, 0.25) is 5.02 Å². The first-order valence-electron chi connectivity index (χ1n) is 5.33. The van der Waals surface area contributed by atoms with Crippen molar-refractivity contribution in [2.24, 2.45) is 5.73 Å². The smallest absolute Gasteiger partial charge is 0.171 e. The average Bonchev–Trinajstić information content (AvgIpc) is 2.14. The highest BCUT2D eigenvalue weighted by molar-refractivity contribution is 7.80. The van der Waals surface area contributed by atoms with Gasteiger partial charge >= 0.3 is 0 Å². The van der Waals surface area contributed by atoms with Gasteiger partial charge in [-0.15, -0.1) is 0 Å². The zero-order valence-electron chi connectivity index (χ0n) is 10.1. The summed E-state index contributed by atoms with van der Waals surface area (Å²) in [5, 5.41) is 0.534. The van der Waals surface area contributed by atoms with Crippen LogP contribution in [0, 0.1) is 5.82 Å². The van der Waals surface area contributed by atoms with Gasteiger partial charge in [-0.1, -0.05) is 18.5 Å². The maximum Gasteiger partial charge on any atom is 0.171 e. The lowest BCUT2D eigenvalue weighted by atomic mass is 9.99. The van der Waals surface area contributed by atoms with E-state index in [0.29, 0.717) is 10.7 Å². The summed E-state index contributed by atoms with van der Waals surface area (Å²) in [6.45, 7) is 6.00. The first-order chi connectivity index (χ1) is 7.77. The Hall–Kier alpha value is -0.870. The van der Waals surface area contributed by atoms with E-state index in [1.54, 1.807) is 11.0 Å². The zero-order chi connectivity index (χ0) is 13.2. The Morgan fingerprint density at radius 3 is 2.47 bits per heavy atom. The number of thiocarbonyl (C=S) groups is 1. The molecule has 1 rings (SSSR count). The second-order valence-corrected chi connectivity index (χ2v) is 5.32. The Bertz CT molecular complexity index is 414. The van der Waals surface area contributed by atoms with Crippen molar-refractivity contribution in [2.45, 2.75) is 32.7 Å². The van der Waals surface area contributed by atoms with Gasteiger partial charge in [0.2, 0.25) is 0 Å². The van der Waals surface area contributed by atoms with Crippen LogP contribution in [0.3, 0.4) is 0 Å². The first kappa shape index (κ1) is 14.2. The molecule has 0 saturated heterocycles. The molecule has 0 amide bonds. The lowest BCUT2D eigenvalue weighted by Crippen LogP contribution is -2.50. The number of hydrogen-bond acceptors (Lipinski definition) is 1. The van der Waals surface area contributed by atoms with Gasteiger partial charge in [-0.05, 0) is 50.7 Å². The highest BCUT2D eigenvalue weighted by Gasteiger charge is 2.27. The van der Waals surface area contributed by atoms with Gasteiger partial charge in [0.05, 0.1) is 0 Å². The molecule has 0 saturated carbocycles. The van der Waals surface area contributed by atoms with E-state index in [0.717, 1.165) is 6.42 Å². The van der Waals surface area contributed by atoms with Crippen LogP contribution in [0.25, 0.3) is 0 Å². The van der Waals surface area contributed by atoms with Gasteiger partial charge < -0.3 is 10.6 Å². The van der Waals surface area contributed by atoms with E-state index in [2.05, 4.69) is 0 Å². The van der Waals surface area contributed by atoms with Crippen molar-refractivity contribution >= 4 is 34.6 Å². The summed E-state index contributed by atoms with van der Waals surface area (Å²) in [4.78, 5) is 1.72. The van der Waals surface area contributed by atoms with Crippen molar-refractivity contribution in [3.05, 3.63) is 29.0 Å². The monoisotopic (exact) mass is 274 g/mol. The van der Waals surface area contributed by atoms with Crippen LogP contribution in [0.15, 0.2) is 18.2 Å². The molecule has 5 heteroatoms. The number of benzene rings is 1. The number of halogens is 2. The molecule has 0 bridgehead atoms. The van der Waals surface area contributed by atoms with E-state index in [9.17, 15) is 4.39 Å². The number of nitrogens with two attached hydrogens (primary N) is 1. The Morgan fingerprint density at radius 1 is 1.47 bits per heavy atom. The van der Waals surface area contributed by atoms with Crippen LogP contribution in [0.5, 0.6) is 0 Å². The Morgan fingerprint density at radius 2 is 2.06 bits per heavy atom. The quantitative estimate of drug-likeness (QED) is 0.852. The molecule has 94 valence electrons. The second kappa shape index (κ2) is 5.19. The van der Waals surface area contributed by atoms with Crippen molar-refractivity contribution in [2.75, 3.05) is 4.90 Å². The second-order valence-electron chi connectivity index (χ2n) is 4.47. The van der Waals surface area contributed by atoms with Crippen LogP contribution >= 0.6 is 23.8 Å². The molecule has 0 radical (unpaired) electrons. The summed E-state index contributed by atoms with van der Waals surface area (Å²) >= 11 is 10.9. The highest BCUT2D eigenvalue weighted by Crippen LogP contribution is 2.29. The number of rotatable bonds is 3. The van der Waals surface area contributed by atoms with Gasteiger partial charge in [-0.25, -0.2) is 4.39 Å². The largest absolute Gasteiger partial charge is 0.376 e. The van der Waals surface area contributed by atoms with Crippen molar-refractivity contribution < 1.29 is 4.39 Å². The van der Waals surface area contributed by atoms with Crippen LogP contribution < -0.4 is 10.6 Å². The maximum absolute atomic E-state index is 13.3. The fraction of sp³-hybridized carbons (Fsp3) is 0.417. The van der Waals surface area contributed by atoms with Gasteiger partial charge in [-0.3, -0.25) is 0 Å². The summed E-state index contributed by atoms with van der Waals surface area (Å²) in [7, 11) is 0. The molecule has 0 unspecified atom stereocenters. The molecule has 0 heterocycles. The molecule has 2 N–H and O–H groups in total. The average molecular weight is 275 g/mol. The van der Waals surface area contributed by atoms with Gasteiger partial charge in [0.1, 0.15) is 5.82 Å². The van der Waals surface area contributed by atoms with E-state index in [1.165, 1.54) is 12.1 Å². The topological polar surface area (TPSA) is 29.3 Å². The molecular formula is C12H16ClFN2S. The zero-order valence-corrected chi connectivity index (χ0v) is 11.7. The molecule has 17 heavy (non-hydrogen) atoms. The molecule has 0 aromatic heterocycles. The lowest BCUT2D eigenvalue weighted by molar-refractivity contribution is 0.496. The van der Waals surface area contributed by atoms with Crippen LogP contribution in [0.1, 0.15) is 27.2 Å². The number of nitrogens with zero attached hydrogens (tertiary/aromatic N) is 1. The molecule has 0 aliphatic heterocycles. The van der Waals surface area contributed by atoms with E-state index in [1.807, 2.05) is 20.8 Å². The minimum Gasteiger partial charge on any atom is -0.376 e. The van der Waals surface area contributed by atoms with Crippen molar-refractivity contribution in [1.29, 1.82) is 0 Å². The standard InChI is InChI=1S/C12H16ClFN2S/c1-4-12(2,3)16(11(15)17)10-6-8(13)5-9(14)7-10/h5-7H,4H2,1-3H3,(H2,15,17). The van der Waals surface area contributed by atoms with Gasteiger partial charge in [0, 0.05) is 16.2 Å². The fourth-order valence-corrected chi connectivity index (χ4v) is 2.17. The van der Waals surface area contributed by atoms with Crippen LogP contribution in [0.4, 0.5) is 10.1 Å². The van der Waals surface area contributed by atoms with Crippen molar-refractivity contribution in [3.63, 3.8) is 0 Å². The highest BCUT2D eigenvalue weighted by atomic mass is 35.5. The normalized spacial score (nSPS) is 11.4. The molecule has 2 nitrogen and oxygen atoms in total. The molecule has 1 aromatic rings. The molecule has 0 atom stereocenters. The predicted molar refractivity (Wildman–Crippen MR) is 75.0 cm³/mol. The number of hydrogen-bond donors (Lipinski definition) is 1. The Kier molecular flexibility index (Phi) is 4.33.